The van der Waals surface area contributed by atoms with Crippen LogP contribution in [0, 0.1) is 0 Å². The Morgan fingerprint density at radius 1 is 1.04 bits per heavy atom. The Morgan fingerprint density at radius 3 is 2.00 bits per heavy atom. The molecule has 0 aliphatic heterocycles. The van der Waals surface area contributed by atoms with Gasteiger partial charge in [-0.2, -0.15) is 5.48 Å². The summed E-state index contributed by atoms with van der Waals surface area (Å²) in [5, 5.41) is -2.07. The van der Waals surface area contributed by atoms with E-state index in [2.05, 4.69) is 5.48 Å². The molecule has 0 fully saturated rings. The van der Waals surface area contributed by atoms with Crippen LogP contribution in [0.15, 0.2) is 30.3 Å². The number of benzene rings is 1. The van der Waals surface area contributed by atoms with E-state index in [4.69, 9.17) is 18.6 Å². The normalized spacial score (nSPS) is 14.2. The third-order valence-electron chi connectivity index (χ3n) is 3.58. The van der Waals surface area contributed by atoms with E-state index in [1.165, 1.54) is 6.92 Å². The van der Waals surface area contributed by atoms with Crippen molar-refractivity contribution >= 4 is 19.5 Å². The Balaban J connectivity index is 3.34. The van der Waals surface area contributed by atoms with Gasteiger partial charge in [-0.25, -0.2) is 9.63 Å². The van der Waals surface area contributed by atoms with Gasteiger partial charge in [-0.3, -0.25) is 9.36 Å². The largest absolute Gasteiger partial charge is 0.442 e. The van der Waals surface area contributed by atoms with Gasteiger partial charge in [0.05, 0.1) is 13.2 Å². The lowest BCUT2D eigenvalue weighted by Crippen LogP contribution is -2.49. The molecule has 0 saturated heterocycles. The smallest absolute Gasteiger partial charge is 0.431 e. The highest BCUT2D eigenvalue weighted by atomic mass is 31.2. The minimum Gasteiger partial charge on any atom is -0.442 e. The molecule has 0 heterocycles. The Morgan fingerprint density at radius 2 is 1.57 bits per heavy atom. The number of amides is 1. The SMILES string of the molecule is CCOP(=O)(OCC)[C@@](Cc1ccccc1)(ONC(=O)OC(C)(C)C)C(C)=O. The van der Waals surface area contributed by atoms with E-state index in [-0.39, 0.29) is 19.6 Å². The van der Waals surface area contributed by atoms with Crippen LogP contribution in [-0.4, -0.2) is 36.0 Å². The summed E-state index contributed by atoms with van der Waals surface area (Å²) in [6.45, 7) is 9.55. The number of ether oxygens (including phenoxy) is 1. The van der Waals surface area contributed by atoms with Crippen molar-refractivity contribution in [1.82, 2.24) is 5.48 Å². The lowest BCUT2D eigenvalue weighted by molar-refractivity contribution is -0.142. The average molecular weight is 415 g/mol. The highest BCUT2D eigenvalue weighted by Crippen LogP contribution is 2.62. The number of carbonyl (C=O) groups is 2. The van der Waals surface area contributed by atoms with Gasteiger partial charge in [0, 0.05) is 6.42 Å². The molecule has 0 aromatic heterocycles. The monoisotopic (exact) mass is 415 g/mol. The van der Waals surface area contributed by atoms with E-state index in [9.17, 15) is 14.2 Å². The average Bonchev–Trinajstić information content (AvgIpc) is 2.58. The number of hydrogen-bond donors (Lipinski definition) is 1. The standard InChI is InChI=1S/C19H30NO7P/c1-7-24-28(23,25-8-2)19(15(3)21,14-16-12-10-9-11-13-16)27-20-17(22)26-18(4,5)6/h9-13H,7-8,14H2,1-6H3,(H,20,22)/t19-/m1/s1. The van der Waals surface area contributed by atoms with Crippen LogP contribution in [0.1, 0.15) is 47.1 Å². The fourth-order valence-electron chi connectivity index (χ4n) is 2.46. The minimum atomic E-state index is -4.13. The van der Waals surface area contributed by atoms with Gasteiger partial charge in [0.1, 0.15) is 5.60 Å². The first kappa shape index (κ1) is 24.3. The second-order valence-corrected chi connectivity index (χ2v) is 9.28. The van der Waals surface area contributed by atoms with Crippen LogP contribution in [0.3, 0.4) is 0 Å². The number of carbonyl (C=O) groups excluding carboxylic acids is 2. The molecular formula is C19H30NO7P. The van der Waals surface area contributed by atoms with E-state index in [0.717, 1.165) is 0 Å². The maximum Gasteiger partial charge on any atom is 0.431 e. The van der Waals surface area contributed by atoms with Crippen molar-refractivity contribution < 1.29 is 32.8 Å². The Labute approximate surface area is 166 Å². The third kappa shape index (κ3) is 6.41. The zero-order chi connectivity index (χ0) is 21.4. The molecule has 8 nitrogen and oxygen atoms in total. The van der Waals surface area contributed by atoms with E-state index in [0.29, 0.717) is 5.56 Å². The van der Waals surface area contributed by atoms with E-state index in [1.54, 1.807) is 58.9 Å². The van der Waals surface area contributed by atoms with Crippen molar-refractivity contribution in [3.63, 3.8) is 0 Å². The quantitative estimate of drug-likeness (QED) is 0.451. The van der Waals surface area contributed by atoms with E-state index in [1.807, 2.05) is 6.07 Å². The second kappa shape index (κ2) is 10.2. The number of hydroxylamine groups is 1. The van der Waals surface area contributed by atoms with Gasteiger partial charge in [-0.15, -0.1) is 0 Å². The summed E-state index contributed by atoms with van der Waals surface area (Å²) in [6, 6.07) is 8.85. The Kier molecular flexibility index (Phi) is 8.82. The predicted octanol–water partition coefficient (Wildman–Crippen LogP) is 4.24. The van der Waals surface area contributed by atoms with Crippen LogP contribution in [0.5, 0.6) is 0 Å². The van der Waals surface area contributed by atoms with Crippen LogP contribution in [0.25, 0.3) is 0 Å². The van der Waals surface area contributed by atoms with Gasteiger partial charge in [-0.1, -0.05) is 30.3 Å². The Hall–Kier alpha value is -1.73. The summed E-state index contributed by atoms with van der Waals surface area (Å²) in [4.78, 5) is 30.3. The lowest BCUT2D eigenvalue weighted by atomic mass is 10.1. The highest BCUT2D eigenvalue weighted by molar-refractivity contribution is 7.56. The van der Waals surface area contributed by atoms with E-state index < -0.39 is 30.4 Å². The minimum absolute atomic E-state index is 0.0247. The predicted molar refractivity (Wildman–Crippen MR) is 105 cm³/mol. The van der Waals surface area contributed by atoms with Crippen LogP contribution < -0.4 is 5.48 Å². The van der Waals surface area contributed by atoms with Crippen LogP contribution in [0.2, 0.25) is 0 Å². The molecule has 1 aromatic carbocycles. The van der Waals surface area contributed by atoms with Gasteiger partial charge >= 0.3 is 13.7 Å². The van der Waals surface area contributed by atoms with Gasteiger partial charge in [0.2, 0.25) is 0 Å². The molecule has 1 aromatic rings. The molecule has 0 bridgehead atoms. The molecular weight excluding hydrogens is 385 g/mol. The first-order chi connectivity index (χ1) is 13.0. The number of hydrogen-bond acceptors (Lipinski definition) is 7. The van der Waals surface area contributed by atoms with Crippen molar-refractivity contribution in [2.75, 3.05) is 13.2 Å². The van der Waals surface area contributed by atoms with Gasteiger partial charge in [0.15, 0.2) is 5.78 Å². The topological polar surface area (TPSA) is 100 Å². The van der Waals surface area contributed by atoms with Crippen molar-refractivity contribution in [1.29, 1.82) is 0 Å². The zero-order valence-electron chi connectivity index (χ0n) is 17.3. The molecule has 0 unspecified atom stereocenters. The first-order valence-corrected chi connectivity index (χ1v) is 10.6. The number of Topliss-reactive ketones (excluding diaryl/α,β-unsaturated/α-hetero) is 1. The van der Waals surface area contributed by atoms with Crippen LogP contribution in [0.4, 0.5) is 4.79 Å². The van der Waals surface area contributed by atoms with Crippen molar-refractivity contribution in [3.05, 3.63) is 35.9 Å². The maximum atomic E-state index is 13.6. The molecule has 0 saturated carbocycles. The molecule has 1 N–H and O–H groups in total. The summed E-state index contributed by atoms with van der Waals surface area (Å²) in [7, 11) is -4.13. The molecule has 9 heteroatoms. The fourth-order valence-corrected chi connectivity index (χ4v) is 4.55. The summed E-state index contributed by atoms with van der Waals surface area (Å²) in [5.74, 6) is -0.613. The van der Waals surface area contributed by atoms with Crippen molar-refractivity contribution in [2.45, 2.75) is 58.9 Å². The van der Waals surface area contributed by atoms with Crippen molar-refractivity contribution in [3.8, 4) is 0 Å². The molecule has 158 valence electrons. The fraction of sp³-hybridized carbons (Fsp3) is 0.579. The van der Waals surface area contributed by atoms with Gasteiger partial charge in [-0.05, 0) is 47.1 Å². The number of ketones is 1. The van der Waals surface area contributed by atoms with Gasteiger partial charge < -0.3 is 13.8 Å². The number of nitrogens with one attached hydrogen (secondary N) is 1. The molecule has 1 rings (SSSR count). The highest BCUT2D eigenvalue weighted by Gasteiger charge is 2.57. The van der Waals surface area contributed by atoms with Crippen molar-refractivity contribution in [2.24, 2.45) is 0 Å². The first-order valence-electron chi connectivity index (χ1n) is 9.11. The maximum absolute atomic E-state index is 13.6. The van der Waals surface area contributed by atoms with Crippen LogP contribution in [-0.2, 0) is 34.4 Å². The molecule has 0 radical (unpaired) electrons. The second-order valence-electron chi connectivity index (χ2n) is 7.04. The molecule has 0 spiro atoms. The zero-order valence-corrected chi connectivity index (χ0v) is 18.2. The third-order valence-corrected chi connectivity index (χ3v) is 6.22. The molecule has 1 amide bonds. The van der Waals surface area contributed by atoms with Crippen LogP contribution >= 0.6 is 7.60 Å². The Bertz CT molecular complexity index is 692. The molecule has 1 atom stereocenters. The summed E-state index contributed by atoms with van der Waals surface area (Å²) in [6.07, 6.45) is -1.05. The molecule has 0 aliphatic carbocycles. The summed E-state index contributed by atoms with van der Waals surface area (Å²) >= 11 is 0. The summed E-state index contributed by atoms with van der Waals surface area (Å²) < 4.78 is 29.5. The molecule has 0 aliphatic rings. The summed E-state index contributed by atoms with van der Waals surface area (Å²) in [5.41, 5.74) is 1.96. The molecule has 28 heavy (non-hydrogen) atoms. The number of rotatable bonds is 10. The lowest BCUT2D eigenvalue weighted by Gasteiger charge is -2.36. The van der Waals surface area contributed by atoms with Gasteiger partial charge in [0.25, 0.3) is 5.34 Å². The van der Waals surface area contributed by atoms with E-state index >= 15 is 0 Å².